The molecular formula is C27H31FN4O4S. The number of halogens is 1. The molecule has 0 spiro atoms. The number of hydrogen-bond donors (Lipinski definition) is 0. The minimum Gasteiger partial charge on any atom is -0.490 e. The predicted molar refractivity (Wildman–Crippen MR) is 139 cm³/mol. The van der Waals surface area contributed by atoms with Crippen molar-refractivity contribution >= 4 is 15.8 Å². The SMILES string of the molecule is CCCc1cnc(N2CCC(Oc3cc(=O)n(-c4ccc(S(C)(=O)=O)cc4F)cc3C3CC3)CC2)nc1. The van der Waals surface area contributed by atoms with E-state index in [1.165, 1.54) is 22.8 Å². The van der Waals surface area contributed by atoms with Gasteiger partial charge in [-0.3, -0.25) is 9.36 Å². The lowest BCUT2D eigenvalue weighted by Gasteiger charge is -2.32. The number of aromatic nitrogens is 3. The Balaban J connectivity index is 1.32. The van der Waals surface area contributed by atoms with E-state index in [0.717, 1.165) is 81.0 Å². The molecule has 0 unspecified atom stereocenters. The number of sulfone groups is 1. The van der Waals surface area contributed by atoms with Gasteiger partial charge in [0.05, 0.1) is 10.6 Å². The Hall–Kier alpha value is -3.27. The van der Waals surface area contributed by atoms with Crippen molar-refractivity contribution in [3.63, 3.8) is 0 Å². The largest absolute Gasteiger partial charge is 0.490 e. The molecule has 37 heavy (non-hydrogen) atoms. The maximum Gasteiger partial charge on any atom is 0.258 e. The number of piperidine rings is 1. The third-order valence-electron chi connectivity index (χ3n) is 6.92. The highest BCUT2D eigenvalue weighted by molar-refractivity contribution is 7.90. The zero-order valence-electron chi connectivity index (χ0n) is 21.1. The van der Waals surface area contributed by atoms with Crippen molar-refractivity contribution in [1.82, 2.24) is 14.5 Å². The van der Waals surface area contributed by atoms with Gasteiger partial charge in [-0.2, -0.15) is 0 Å². The first kappa shape index (κ1) is 25.4. The second-order valence-electron chi connectivity index (χ2n) is 9.91. The van der Waals surface area contributed by atoms with Gasteiger partial charge in [-0.25, -0.2) is 22.8 Å². The van der Waals surface area contributed by atoms with Crippen LogP contribution in [0, 0.1) is 5.82 Å². The van der Waals surface area contributed by atoms with Crippen molar-refractivity contribution in [3.8, 4) is 11.4 Å². The second-order valence-corrected chi connectivity index (χ2v) is 11.9. The summed E-state index contributed by atoms with van der Waals surface area (Å²) in [5.74, 6) is 0.770. The summed E-state index contributed by atoms with van der Waals surface area (Å²) in [6.45, 7) is 3.64. The summed E-state index contributed by atoms with van der Waals surface area (Å²) in [5, 5.41) is 0. The fraction of sp³-hybridized carbons (Fsp3) is 0.444. The number of nitrogens with zero attached hydrogens (tertiary/aromatic N) is 4. The number of rotatable bonds is 8. The van der Waals surface area contributed by atoms with Gasteiger partial charge in [-0.05, 0) is 48.9 Å². The third kappa shape index (κ3) is 5.69. The van der Waals surface area contributed by atoms with E-state index in [1.54, 1.807) is 6.20 Å². The van der Waals surface area contributed by atoms with Crippen LogP contribution in [0.1, 0.15) is 56.1 Å². The summed E-state index contributed by atoms with van der Waals surface area (Å²) in [6.07, 6.45) is 11.9. The van der Waals surface area contributed by atoms with Gasteiger partial charge in [0.2, 0.25) is 5.95 Å². The van der Waals surface area contributed by atoms with E-state index < -0.39 is 21.2 Å². The van der Waals surface area contributed by atoms with Crippen LogP contribution in [0.2, 0.25) is 0 Å². The monoisotopic (exact) mass is 526 g/mol. The Morgan fingerprint density at radius 3 is 2.38 bits per heavy atom. The highest BCUT2D eigenvalue weighted by Crippen LogP contribution is 2.44. The Kier molecular flexibility index (Phi) is 7.02. The van der Waals surface area contributed by atoms with E-state index in [-0.39, 0.29) is 22.6 Å². The number of ether oxygens (including phenoxy) is 1. The third-order valence-corrected chi connectivity index (χ3v) is 8.03. The zero-order valence-corrected chi connectivity index (χ0v) is 21.9. The normalized spacial score (nSPS) is 16.7. The van der Waals surface area contributed by atoms with Crippen LogP contribution < -0.4 is 15.2 Å². The van der Waals surface area contributed by atoms with Crippen LogP contribution in [-0.2, 0) is 16.3 Å². The molecule has 196 valence electrons. The summed E-state index contributed by atoms with van der Waals surface area (Å²) < 4.78 is 45.9. The zero-order chi connectivity index (χ0) is 26.2. The molecule has 0 bridgehead atoms. The molecule has 8 nitrogen and oxygen atoms in total. The predicted octanol–water partition coefficient (Wildman–Crippen LogP) is 4.05. The number of hydrogen-bond acceptors (Lipinski definition) is 7. The van der Waals surface area contributed by atoms with Crippen molar-refractivity contribution in [3.05, 3.63) is 70.2 Å². The van der Waals surface area contributed by atoms with Crippen molar-refractivity contribution < 1.29 is 17.5 Å². The molecule has 1 saturated heterocycles. The molecule has 2 aliphatic rings. The number of anilines is 1. The van der Waals surface area contributed by atoms with Crippen LogP contribution in [0.15, 0.2) is 52.5 Å². The summed E-state index contributed by atoms with van der Waals surface area (Å²) in [7, 11) is -3.55. The first-order valence-electron chi connectivity index (χ1n) is 12.7. The molecule has 3 aromatic rings. The molecule has 0 radical (unpaired) electrons. The van der Waals surface area contributed by atoms with E-state index >= 15 is 0 Å². The molecule has 0 N–H and O–H groups in total. The summed E-state index contributed by atoms with van der Waals surface area (Å²) >= 11 is 0. The van der Waals surface area contributed by atoms with E-state index in [4.69, 9.17) is 4.74 Å². The standard InChI is InChI=1S/C27H31FN4O4S/c1-3-4-18-15-29-27(30-16-18)31-11-9-20(10-12-31)36-25-14-26(33)32(17-22(25)19-5-6-19)24-8-7-21(13-23(24)28)37(2,34)35/h7-8,13-17,19-20H,3-6,9-12H2,1-2H3. The molecule has 2 aromatic heterocycles. The molecule has 3 heterocycles. The summed E-state index contributed by atoms with van der Waals surface area (Å²) in [5.41, 5.74) is 1.61. The highest BCUT2D eigenvalue weighted by atomic mass is 32.2. The van der Waals surface area contributed by atoms with Gasteiger partial charge in [-0.15, -0.1) is 0 Å². The first-order valence-corrected chi connectivity index (χ1v) is 14.6. The highest BCUT2D eigenvalue weighted by Gasteiger charge is 2.30. The van der Waals surface area contributed by atoms with Gasteiger partial charge in [0.15, 0.2) is 9.84 Å². The van der Waals surface area contributed by atoms with Crippen molar-refractivity contribution in [2.24, 2.45) is 0 Å². The van der Waals surface area contributed by atoms with E-state index in [9.17, 15) is 17.6 Å². The molecule has 1 aromatic carbocycles. The summed E-state index contributed by atoms with van der Waals surface area (Å²) in [6, 6.07) is 5.03. The van der Waals surface area contributed by atoms with Crippen LogP contribution in [0.25, 0.3) is 5.69 Å². The fourth-order valence-corrected chi connectivity index (χ4v) is 5.35. The minimum absolute atomic E-state index is 0.0177. The van der Waals surface area contributed by atoms with Crippen molar-refractivity contribution in [2.75, 3.05) is 24.2 Å². The van der Waals surface area contributed by atoms with Gasteiger partial charge < -0.3 is 9.64 Å². The Morgan fingerprint density at radius 1 is 1.08 bits per heavy atom. The van der Waals surface area contributed by atoms with Crippen LogP contribution in [-0.4, -0.2) is 48.4 Å². The molecule has 0 atom stereocenters. The lowest BCUT2D eigenvalue weighted by Crippen LogP contribution is -2.39. The summed E-state index contributed by atoms with van der Waals surface area (Å²) in [4.78, 5) is 24.1. The smallest absolute Gasteiger partial charge is 0.258 e. The van der Waals surface area contributed by atoms with Crippen LogP contribution in [0.3, 0.4) is 0 Å². The quantitative estimate of drug-likeness (QED) is 0.437. The second kappa shape index (κ2) is 10.2. The average Bonchev–Trinajstić information content (AvgIpc) is 3.71. The van der Waals surface area contributed by atoms with Crippen molar-refractivity contribution in [1.29, 1.82) is 0 Å². The van der Waals surface area contributed by atoms with Gasteiger partial charge in [0.1, 0.15) is 17.7 Å². The molecule has 1 aliphatic heterocycles. The molecule has 0 amide bonds. The Morgan fingerprint density at radius 2 is 1.78 bits per heavy atom. The molecule has 1 aliphatic carbocycles. The number of aryl methyl sites for hydroxylation is 1. The molecule has 10 heteroatoms. The van der Waals surface area contributed by atoms with Gasteiger partial charge >= 0.3 is 0 Å². The van der Waals surface area contributed by atoms with Crippen LogP contribution >= 0.6 is 0 Å². The fourth-order valence-electron chi connectivity index (χ4n) is 4.72. The lowest BCUT2D eigenvalue weighted by atomic mass is 10.1. The maximum atomic E-state index is 14.8. The minimum atomic E-state index is -3.55. The van der Waals surface area contributed by atoms with Gasteiger partial charge in [-0.1, -0.05) is 13.3 Å². The van der Waals surface area contributed by atoms with Crippen LogP contribution in [0.4, 0.5) is 10.3 Å². The van der Waals surface area contributed by atoms with E-state index in [2.05, 4.69) is 21.8 Å². The topological polar surface area (TPSA) is 94.4 Å². The molecule has 1 saturated carbocycles. The molecule has 2 fully saturated rings. The average molecular weight is 527 g/mol. The lowest BCUT2D eigenvalue weighted by molar-refractivity contribution is 0.168. The number of pyridine rings is 1. The molecular weight excluding hydrogens is 495 g/mol. The van der Waals surface area contributed by atoms with Crippen LogP contribution in [0.5, 0.6) is 5.75 Å². The Bertz CT molecular complexity index is 1440. The number of benzene rings is 1. The van der Waals surface area contributed by atoms with E-state index in [0.29, 0.717) is 5.75 Å². The van der Waals surface area contributed by atoms with Crippen molar-refractivity contribution in [2.45, 2.75) is 62.4 Å². The first-order chi connectivity index (χ1) is 17.7. The Labute approximate surface area is 216 Å². The maximum absolute atomic E-state index is 14.8. The molecule has 5 rings (SSSR count). The van der Waals surface area contributed by atoms with Gasteiger partial charge in [0, 0.05) is 62.4 Å². The van der Waals surface area contributed by atoms with Gasteiger partial charge in [0.25, 0.3) is 5.56 Å². The van der Waals surface area contributed by atoms with E-state index in [1.807, 2.05) is 12.4 Å².